The fourth-order valence-corrected chi connectivity index (χ4v) is 2.12. The molecule has 0 fully saturated rings. The van der Waals surface area contributed by atoms with E-state index < -0.39 is 0 Å². The number of rotatable bonds is 5. The Morgan fingerprint density at radius 1 is 1.35 bits per heavy atom. The molecule has 2 rings (SSSR count). The van der Waals surface area contributed by atoms with Gasteiger partial charge >= 0.3 is 0 Å². The molecule has 106 valence electrons. The van der Waals surface area contributed by atoms with Gasteiger partial charge in [0.15, 0.2) is 6.39 Å². The van der Waals surface area contributed by atoms with Crippen LogP contribution in [0.15, 0.2) is 35.1 Å². The van der Waals surface area contributed by atoms with E-state index in [0.29, 0.717) is 12.5 Å². The zero-order chi connectivity index (χ0) is 14.5. The number of nitrogens with zero attached hydrogens (tertiary/aromatic N) is 1. The Bertz CT molecular complexity index is 588. The molecule has 4 heteroatoms. The van der Waals surface area contributed by atoms with Crippen molar-refractivity contribution in [3.05, 3.63) is 53.2 Å². The van der Waals surface area contributed by atoms with Crippen molar-refractivity contribution in [1.82, 2.24) is 10.3 Å². The third kappa shape index (κ3) is 3.47. The van der Waals surface area contributed by atoms with Gasteiger partial charge in [-0.1, -0.05) is 32.0 Å². The van der Waals surface area contributed by atoms with E-state index in [0.717, 1.165) is 29.0 Å². The fourth-order valence-electron chi connectivity index (χ4n) is 2.12. The van der Waals surface area contributed by atoms with Crippen LogP contribution in [0.4, 0.5) is 0 Å². The van der Waals surface area contributed by atoms with Crippen molar-refractivity contribution in [2.24, 2.45) is 5.92 Å². The van der Waals surface area contributed by atoms with Crippen molar-refractivity contribution in [2.75, 3.05) is 0 Å². The number of amides is 1. The minimum absolute atomic E-state index is 0.0661. The predicted octanol–water partition coefficient (Wildman–Crippen LogP) is 3.11. The molecule has 0 saturated carbocycles. The minimum Gasteiger partial charge on any atom is -0.448 e. The maximum absolute atomic E-state index is 12.3. The number of aryl methyl sites for hydroxylation is 1. The monoisotopic (exact) mass is 272 g/mol. The highest BCUT2D eigenvalue weighted by atomic mass is 16.3. The van der Waals surface area contributed by atoms with Gasteiger partial charge in [0.05, 0.1) is 6.54 Å². The second-order valence-corrected chi connectivity index (χ2v) is 5.29. The highest BCUT2D eigenvalue weighted by Gasteiger charge is 2.12. The van der Waals surface area contributed by atoms with Crippen molar-refractivity contribution in [2.45, 2.75) is 33.7 Å². The van der Waals surface area contributed by atoms with E-state index in [9.17, 15) is 4.79 Å². The molecule has 2 aromatic rings. The molecule has 0 unspecified atom stereocenters. The van der Waals surface area contributed by atoms with E-state index in [-0.39, 0.29) is 5.91 Å². The summed E-state index contributed by atoms with van der Waals surface area (Å²) in [6, 6.07) is 7.73. The Morgan fingerprint density at radius 3 is 2.75 bits per heavy atom. The standard InChI is InChI=1S/C16H20N2O2/c1-11(2)8-13-6-4-5-7-14(13)16(19)17-9-15-12(3)20-10-18-15/h4-7,10-11H,8-9H2,1-3H3,(H,17,19). The first-order valence-electron chi connectivity index (χ1n) is 6.83. The van der Waals surface area contributed by atoms with Crippen LogP contribution in [0, 0.1) is 12.8 Å². The van der Waals surface area contributed by atoms with Gasteiger partial charge in [-0.15, -0.1) is 0 Å². The molecule has 0 radical (unpaired) electrons. The first-order valence-corrected chi connectivity index (χ1v) is 6.83. The lowest BCUT2D eigenvalue weighted by molar-refractivity contribution is 0.0949. The molecular weight excluding hydrogens is 252 g/mol. The topological polar surface area (TPSA) is 55.1 Å². The van der Waals surface area contributed by atoms with Gasteiger partial charge in [0.25, 0.3) is 5.91 Å². The van der Waals surface area contributed by atoms with Gasteiger partial charge in [-0.3, -0.25) is 4.79 Å². The Balaban J connectivity index is 2.07. The first-order chi connectivity index (χ1) is 9.58. The average molecular weight is 272 g/mol. The van der Waals surface area contributed by atoms with E-state index in [1.807, 2.05) is 31.2 Å². The Hall–Kier alpha value is -2.10. The number of carbonyl (C=O) groups excluding carboxylic acids is 1. The third-order valence-corrected chi connectivity index (χ3v) is 3.15. The normalized spacial score (nSPS) is 10.8. The molecule has 1 amide bonds. The average Bonchev–Trinajstić information content (AvgIpc) is 2.81. The lowest BCUT2D eigenvalue weighted by atomic mass is 9.97. The van der Waals surface area contributed by atoms with Crippen LogP contribution in [0.5, 0.6) is 0 Å². The number of oxazole rings is 1. The van der Waals surface area contributed by atoms with E-state index in [2.05, 4.69) is 24.1 Å². The van der Waals surface area contributed by atoms with Gasteiger partial charge in [0.2, 0.25) is 0 Å². The first kappa shape index (κ1) is 14.3. The summed E-state index contributed by atoms with van der Waals surface area (Å²) < 4.78 is 5.12. The molecule has 1 heterocycles. The van der Waals surface area contributed by atoms with Crippen LogP contribution in [0.25, 0.3) is 0 Å². The summed E-state index contributed by atoms with van der Waals surface area (Å²) in [5, 5.41) is 2.89. The second-order valence-electron chi connectivity index (χ2n) is 5.29. The Labute approximate surface area is 119 Å². The maximum Gasteiger partial charge on any atom is 0.251 e. The fraction of sp³-hybridized carbons (Fsp3) is 0.375. The Morgan fingerprint density at radius 2 is 2.10 bits per heavy atom. The van der Waals surface area contributed by atoms with E-state index >= 15 is 0 Å². The molecular formula is C16H20N2O2. The summed E-state index contributed by atoms with van der Waals surface area (Å²) >= 11 is 0. The largest absolute Gasteiger partial charge is 0.448 e. The molecule has 1 N–H and O–H groups in total. The van der Waals surface area contributed by atoms with Crippen molar-refractivity contribution in [1.29, 1.82) is 0 Å². The maximum atomic E-state index is 12.3. The number of benzene rings is 1. The van der Waals surface area contributed by atoms with Gasteiger partial charge in [-0.05, 0) is 30.9 Å². The predicted molar refractivity (Wildman–Crippen MR) is 77.4 cm³/mol. The highest BCUT2D eigenvalue weighted by Crippen LogP contribution is 2.14. The molecule has 0 spiro atoms. The third-order valence-electron chi connectivity index (χ3n) is 3.15. The number of nitrogens with one attached hydrogen (secondary N) is 1. The molecule has 4 nitrogen and oxygen atoms in total. The summed E-state index contributed by atoms with van der Waals surface area (Å²) in [7, 11) is 0. The summed E-state index contributed by atoms with van der Waals surface area (Å²) in [6.07, 6.45) is 2.29. The van der Waals surface area contributed by atoms with Crippen LogP contribution >= 0.6 is 0 Å². The summed E-state index contributed by atoms with van der Waals surface area (Å²) in [4.78, 5) is 16.4. The van der Waals surface area contributed by atoms with Gasteiger partial charge < -0.3 is 9.73 Å². The van der Waals surface area contributed by atoms with Crippen molar-refractivity contribution >= 4 is 5.91 Å². The number of hydrogen-bond acceptors (Lipinski definition) is 3. The molecule has 20 heavy (non-hydrogen) atoms. The quantitative estimate of drug-likeness (QED) is 0.910. The summed E-state index contributed by atoms with van der Waals surface area (Å²) in [5.41, 5.74) is 2.58. The van der Waals surface area contributed by atoms with Crippen molar-refractivity contribution in [3.8, 4) is 0 Å². The zero-order valence-corrected chi connectivity index (χ0v) is 12.1. The number of hydrogen-bond donors (Lipinski definition) is 1. The SMILES string of the molecule is Cc1ocnc1CNC(=O)c1ccccc1CC(C)C. The molecule has 1 aromatic carbocycles. The van der Waals surface area contributed by atoms with Gasteiger partial charge in [-0.2, -0.15) is 0 Å². The van der Waals surface area contributed by atoms with Crippen LogP contribution in [0.3, 0.4) is 0 Å². The molecule has 0 aliphatic carbocycles. The molecule has 1 aromatic heterocycles. The molecule has 0 aliphatic heterocycles. The van der Waals surface area contributed by atoms with Crippen LogP contribution in [-0.4, -0.2) is 10.9 Å². The number of carbonyl (C=O) groups is 1. The Kier molecular flexibility index (Phi) is 4.56. The smallest absolute Gasteiger partial charge is 0.251 e. The van der Waals surface area contributed by atoms with Crippen LogP contribution in [-0.2, 0) is 13.0 Å². The van der Waals surface area contributed by atoms with Gasteiger partial charge in [0, 0.05) is 5.56 Å². The summed E-state index contributed by atoms with van der Waals surface area (Å²) in [6.45, 7) is 6.51. The van der Waals surface area contributed by atoms with Crippen molar-refractivity contribution in [3.63, 3.8) is 0 Å². The molecule has 0 saturated heterocycles. The molecule has 0 bridgehead atoms. The highest BCUT2D eigenvalue weighted by molar-refractivity contribution is 5.95. The van der Waals surface area contributed by atoms with Crippen LogP contribution in [0.1, 0.15) is 41.2 Å². The van der Waals surface area contributed by atoms with Crippen LogP contribution in [0.2, 0.25) is 0 Å². The second kappa shape index (κ2) is 6.37. The van der Waals surface area contributed by atoms with Crippen molar-refractivity contribution < 1.29 is 9.21 Å². The number of aromatic nitrogens is 1. The summed E-state index contributed by atoms with van der Waals surface area (Å²) in [5.74, 6) is 1.19. The van der Waals surface area contributed by atoms with Gasteiger partial charge in [-0.25, -0.2) is 4.98 Å². The van der Waals surface area contributed by atoms with Crippen LogP contribution < -0.4 is 5.32 Å². The van der Waals surface area contributed by atoms with Gasteiger partial charge in [0.1, 0.15) is 11.5 Å². The zero-order valence-electron chi connectivity index (χ0n) is 12.1. The van der Waals surface area contributed by atoms with E-state index in [1.165, 1.54) is 6.39 Å². The minimum atomic E-state index is -0.0661. The lowest BCUT2D eigenvalue weighted by Crippen LogP contribution is -2.24. The van der Waals surface area contributed by atoms with E-state index in [4.69, 9.17) is 4.42 Å². The molecule has 0 aliphatic rings. The van der Waals surface area contributed by atoms with E-state index in [1.54, 1.807) is 0 Å². The molecule has 0 atom stereocenters. The lowest BCUT2D eigenvalue weighted by Gasteiger charge is -2.11.